The Morgan fingerprint density at radius 3 is 2.47 bits per heavy atom. The first-order chi connectivity index (χ1) is 15.5. The standard InChI is InChI=1S/C24H21N3O5/c1-31-21-11-10-16(13-18(21)17-4-2-3-5-20(17)28)23-26-22(27-32-23)15-8-6-14(7-9-15)12-19(25)24(29)30/h2-11,13,19,28H,12,25H2,1H3,(H,29,30)/t19-/m0/s1. The summed E-state index contributed by atoms with van der Waals surface area (Å²) in [7, 11) is 1.57. The average Bonchev–Trinajstić information content (AvgIpc) is 3.30. The number of aromatic hydroxyl groups is 1. The summed E-state index contributed by atoms with van der Waals surface area (Å²) in [5.74, 6) is 0.409. The van der Waals surface area contributed by atoms with E-state index in [0.717, 1.165) is 11.1 Å². The molecule has 0 spiro atoms. The van der Waals surface area contributed by atoms with Crippen LogP contribution in [-0.2, 0) is 11.2 Å². The number of rotatable bonds is 7. The number of hydrogen-bond donors (Lipinski definition) is 3. The molecule has 0 aliphatic carbocycles. The number of phenolic OH excluding ortho intramolecular Hbond substituents is 1. The Morgan fingerprint density at radius 2 is 1.78 bits per heavy atom. The van der Waals surface area contributed by atoms with Crippen molar-refractivity contribution in [2.75, 3.05) is 7.11 Å². The topological polar surface area (TPSA) is 132 Å². The van der Waals surface area contributed by atoms with Crippen LogP contribution < -0.4 is 10.5 Å². The molecule has 4 aromatic rings. The van der Waals surface area contributed by atoms with E-state index in [2.05, 4.69) is 10.1 Å². The fourth-order valence-corrected chi connectivity index (χ4v) is 3.34. The lowest BCUT2D eigenvalue weighted by Gasteiger charge is -2.11. The van der Waals surface area contributed by atoms with Gasteiger partial charge in [0.2, 0.25) is 5.82 Å². The Labute approximate surface area is 183 Å². The fourth-order valence-electron chi connectivity index (χ4n) is 3.34. The normalized spacial score (nSPS) is 11.8. The molecular weight excluding hydrogens is 410 g/mol. The van der Waals surface area contributed by atoms with Crippen LogP contribution in [0, 0.1) is 0 Å². The molecule has 0 fully saturated rings. The number of carboxylic acid groups (broad SMARTS) is 1. The lowest BCUT2D eigenvalue weighted by atomic mass is 10.0. The van der Waals surface area contributed by atoms with Gasteiger partial charge in [-0.2, -0.15) is 4.98 Å². The molecule has 162 valence electrons. The maximum atomic E-state index is 10.9. The molecule has 0 saturated heterocycles. The van der Waals surface area contributed by atoms with Crippen LogP contribution in [-0.4, -0.2) is 39.5 Å². The number of nitrogens with zero attached hydrogens (tertiary/aromatic N) is 2. The first-order valence-electron chi connectivity index (χ1n) is 9.84. The maximum absolute atomic E-state index is 10.9. The molecular formula is C24H21N3O5. The minimum Gasteiger partial charge on any atom is -0.507 e. The van der Waals surface area contributed by atoms with E-state index in [9.17, 15) is 9.90 Å². The van der Waals surface area contributed by atoms with Gasteiger partial charge in [-0.3, -0.25) is 4.79 Å². The van der Waals surface area contributed by atoms with Crippen LogP contribution in [0.4, 0.5) is 0 Å². The quantitative estimate of drug-likeness (QED) is 0.403. The molecule has 8 heteroatoms. The Hall–Kier alpha value is -4.17. The van der Waals surface area contributed by atoms with Crippen LogP contribution in [0.1, 0.15) is 5.56 Å². The number of aromatic nitrogens is 2. The van der Waals surface area contributed by atoms with Gasteiger partial charge in [0.05, 0.1) is 7.11 Å². The van der Waals surface area contributed by atoms with E-state index in [1.165, 1.54) is 0 Å². The number of hydrogen-bond acceptors (Lipinski definition) is 7. The molecule has 0 aliphatic heterocycles. The second-order valence-electron chi connectivity index (χ2n) is 7.20. The molecule has 0 unspecified atom stereocenters. The number of nitrogens with two attached hydrogens (primary N) is 1. The van der Waals surface area contributed by atoms with E-state index in [1.54, 1.807) is 61.7 Å². The van der Waals surface area contributed by atoms with E-state index < -0.39 is 12.0 Å². The number of aliphatic carboxylic acids is 1. The van der Waals surface area contributed by atoms with Gasteiger partial charge in [-0.05, 0) is 36.2 Å². The third kappa shape index (κ3) is 4.30. The molecule has 0 aliphatic rings. The second-order valence-corrected chi connectivity index (χ2v) is 7.20. The lowest BCUT2D eigenvalue weighted by molar-refractivity contribution is -0.138. The number of phenols is 1. The number of ether oxygens (including phenoxy) is 1. The van der Waals surface area contributed by atoms with Crippen molar-refractivity contribution >= 4 is 5.97 Å². The molecule has 4 N–H and O–H groups in total. The smallest absolute Gasteiger partial charge is 0.320 e. The van der Waals surface area contributed by atoms with Gasteiger partial charge in [-0.1, -0.05) is 47.6 Å². The zero-order chi connectivity index (χ0) is 22.7. The van der Waals surface area contributed by atoms with Gasteiger partial charge < -0.3 is 25.2 Å². The monoisotopic (exact) mass is 431 g/mol. The lowest BCUT2D eigenvalue weighted by Crippen LogP contribution is -2.32. The molecule has 1 heterocycles. The van der Waals surface area contributed by atoms with E-state index in [-0.39, 0.29) is 12.2 Å². The minimum atomic E-state index is -1.04. The predicted molar refractivity (Wildman–Crippen MR) is 118 cm³/mol. The number of carbonyl (C=O) groups is 1. The largest absolute Gasteiger partial charge is 0.507 e. The summed E-state index contributed by atoms with van der Waals surface area (Å²) in [6.07, 6.45) is 0.230. The summed E-state index contributed by atoms with van der Waals surface area (Å²) in [6, 6.07) is 18.6. The minimum absolute atomic E-state index is 0.136. The zero-order valence-electron chi connectivity index (χ0n) is 17.2. The van der Waals surface area contributed by atoms with Crippen LogP contribution in [0.3, 0.4) is 0 Å². The van der Waals surface area contributed by atoms with Gasteiger partial charge in [0, 0.05) is 22.3 Å². The van der Waals surface area contributed by atoms with Crippen molar-refractivity contribution in [3.63, 3.8) is 0 Å². The zero-order valence-corrected chi connectivity index (χ0v) is 17.2. The van der Waals surface area contributed by atoms with Gasteiger partial charge in [0.15, 0.2) is 0 Å². The number of benzene rings is 3. The summed E-state index contributed by atoms with van der Waals surface area (Å²) < 4.78 is 10.9. The third-order valence-electron chi connectivity index (χ3n) is 5.05. The van der Waals surface area contributed by atoms with Crippen LogP contribution >= 0.6 is 0 Å². The maximum Gasteiger partial charge on any atom is 0.320 e. The number of para-hydroxylation sites is 1. The average molecular weight is 431 g/mol. The van der Waals surface area contributed by atoms with Gasteiger partial charge >= 0.3 is 5.97 Å². The molecule has 0 saturated carbocycles. The van der Waals surface area contributed by atoms with Crippen molar-refractivity contribution in [3.8, 4) is 45.5 Å². The van der Waals surface area contributed by atoms with Crippen molar-refractivity contribution in [3.05, 3.63) is 72.3 Å². The van der Waals surface area contributed by atoms with E-state index in [4.69, 9.17) is 20.1 Å². The number of methoxy groups -OCH3 is 1. The summed E-state index contributed by atoms with van der Waals surface area (Å²) in [4.78, 5) is 15.4. The highest BCUT2D eigenvalue weighted by Crippen LogP contribution is 2.38. The Kier molecular flexibility index (Phi) is 5.87. The molecule has 32 heavy (non-hydrogen) atoms. The number of carboxylic acids is 1. The predicted octanol–water partition coefficient (Wildman–Crippen LogP) is 3.74. The van der Waals surface area contributed by atoms with Gasteiger partial charge in [-0.15, -0.1) is 0 Å². The summed E-state index contributed by atoms with van der Waals surface area (Å²) in [6.45, 7) is 0. The fraction of sp³-hybridized carbons (Fsp3) is 0.125. The third-order valence-corrected chi connectivity index (χ3v) is 5.05. The molecule has 3 aromatic carbocycles. The second kappa shape index (κ2) is 8.91. The van der Waals surface area contributed by atoms with Crippen LogP contribution in [0.15, 0.2) is 71.3 Å². The van der Waals surface area contributed by atoms with Gasteiger partial charge in [-0.25, -0.2) is 0 Å². The molecule has 1 atom stereocenters. The summed E-state index contributed by atoms with van der Waals surface area (Å²) in [5, 5.41) is 23.3. The summed E-state index contributed by atoms with van der Waals surface area (Å²) >= 11 is 0. The highest BCUT2D eigenvalue weighted by atomic mass is 16.5. The first kappa shape index (κ1) is 21.1. The molecule has 4 rings (SSSR count). The highest BCUT2D eigenvalue weighted by molar-refractivity contribution is 5.79. The van der Waals surface area contributed by atoms with Crippen molar-refractivity contribution < 1.29 is 24.3 Å². The summed E-state index contributed by atoms with van der Waals surface area (Å²) in [5.41, 5.74) is 9.11. The van der Waals surface area contributed by atoms with Crippen LogP contribution in [0.5, 0.6) is 11.5 Å². The Balaban J connectivity index is 1.62. The van der Waals surface area contributed by atoms with Crippen molar-refractivity contribution in [2.24, 2.45) is 5.73 Å². The highest BCUT2D eigenvalue weighted by Gasteiger charge is 2.16. The molecule has 0 amide bonds. The SMILES string of the molecule is COc1ccc(-c2nc(-c3ccc(C[C@H](N)C(=O)O)cc3)no2)cc1-c1ccccc1O. The van der Waals surface area contributed by atoms with E-state index in [0.29, 0.717) is 34.2 Å². The van der Waals surface area contributed by atoms with Crippen LogP contribution in [0.2, 0.25) is 0 Å². The molecule has 0 bridgehead atoms. The van der Waals surface area contributed by atoms with Crippen molar-refractivity contribution in [1.29, 1.82) is 0 Å². The molecule has 1 aromatic heterocycles. The molecule has 0 radical (unpaired) electrons. The van der Waals surface area contributed by atoms with Crippen LogP contribution in [0.25, 0.3) is 34.0 Å². The first-order valence-corrected chi connectivity index (χ1v) is 9.84. The van der Waals surface area contributed by atoms with E-state index >= 15 is 0 Å². The van der Waals surface area contributed by atoms with E-state index in [1.807, 2.05) is 12.1 Å². The Bertz CT molecular complexity index is 1250. The van der Waals surface area contributed by atoms with Gasteiger partial charge in [0.1, 0.15) is 17.5 Å². The molecule has 8 nitrogen and oxygen atoms in total. The van der Waals surface area contributed by atoms with Crippen molar-refractivity contribution in [2.45, 2.75) is 12.5 Å². The Morgan fingerprint density at radius 1 is 1.06 bits per heavy atom. The van der Waals surface area contributed by atoms with Gasteiger partial charge in [0.25, 0.3) is 5.89 Å². The van der Waals surface area contributed by atoms with Crippen molar-refractivity contribution in [1.82, 2.24) is 10.1 Å².